The lowest BCUT2D eigenvalue weighted by Gasteiger charge is -2.15. The number of pyridine rings is 1. The van der Waals surface area contributed by atoms with Crippen LogP contribution in [0, 0.1) is 17.0 Å². The summed E-state index contributed by atoms with van der Waals surface area (Å²) < 4.78 is 5.57. The maximum absolute atomic E-state index is 13.1. The summed E-state index contributed by atoms with van der Waals surface area (Å²) >= 11 is 0. The van der Waals surface area contributed by atoms with Crippen LogP contribution in [0.5, 0.6) is 0 Å². The number of hydrogen-bond acceptors (Lipinski definition) is 5. The first-order valence-corrected chi connectivity index (χ1v) is 9.40. The molecule has 0 saturated carbocycles. The number of nitrogens with zero attached hydrogens (tertiary/aromatic N) is 2. The fourth-order valence-corrected chi connectivity index (χ4v) is 3.44. The second-order valence-corrected chi connectivity index (χ2v) is 6.83. The molecule has 0 aliphatic rings. The molecule has 0 aliphatic heterocycles. The molecule has 4 aromatic rings. The number of nitro groups is 1. The zero-order valence-corrected chi connectivity index (χ0v) is 16.2. The highest BCUT2D eigenvalue weighted by Crippen LogP contribution is 2.35. The van der Waals surface area contributed by atoms with Crippen molar-refractivity contribution in [1.82, 2.24) is 4.98 Å². The van der Waals surface area contributed by atoms with Gasteiger partial charge in [0, 0.05) is 23.1 Å². The van der Waals surface area contributed by atoms with Gasteiger partial charge in [-0.25, -0.2) is 4.79 Å². The van der Waals surface area contributed by atoms with E-state index in [0.717, 1.165) is 11.1 Å². The quantitative estimate of drug-likeness (QED) is 0.253. The second-order valence-electron chi connectivity index (χ2n) is 6.83. The Morgan fingerprint density at radius 3 is 2.33 bits per heavy atom. The Balaban J connectivity index is 1.88. The number of fused-ring (bicyclic) bond motifs is 1. The average molecular weight is 398 g/mol. The van der Waals surface area contributed by atoms with Gasteiger partial charge in [0.15, 0.2) is 0 Å². The molecule has 0 aliphatic carbocycles. The summed E-state index contributed by atoms with van der Waals surface area (Å²) in [6.45, 7) is 1.87. The normalized spacial score (nSPS) is 10.7. The lowest BCUT2D eigenvalue weighted by Crippen LogP contribution is -2.11. The molecule has 6 nitrogen and oxygen atoms in total. The van der Waals surface area contributed by atoms with Gasteiger partial charge in [0.1, 0.15) is 6.61 Å². The summed E-state index contributed by atoms with van der Waals surface area (Å²) in [5, 5.41) is 11.9. The lowest BCUT2D eigenvalue weighted by molar-refractivity contribution is -0.384. The minimum absolute atomic E-state index is 0.0612. The van der Waals surface area contributed by atoms with Crippen LogP contribution in [0.2, 0.25) is 0 Å². The molecular formula is C24H18N2O4. The van der Waals surface area contributed by atoms with Crippen LogP contribution >= 0.6 is 0 Å². The summed E-state index contributed by atoms with van der Waals surface area (Å²) in [5.41, 5.74) is 3.55. The van der Waals surface area contributed by atoms with Gasteiger partial charge in [0.2, 0.25) is 0 Å². The monoisotopic (exact) mass is 398 g/mol. The third-order valence-electron chi connectivity index (χ3n) is 4.84. The van der Waals surface area contributed by atoms with Gasteiger partial charge in [-0.1, -0.05) is 60.7 Å². The largest absolute Gasteiger partial charge is 0.457 e. The molecule has 6 heteroatoms. The number of aryl methyl sites for hydroxylation is 1. The van der Waals surface area contributed by atoms with Crippen LogP contribution in [-0.4, -0.2) is 15.9 Å². The molecule has 0 unspecified atom stereocenters. The standard InChI is InChI=1S/C24H18N2O4/c1-16-22(24(27)30-15-17-8-4-2-5-9-17)23(18-10-6-3-7-11-18)20-14-19(26(28)29)12-13-21(20)25-16/h2-14H,15H2,1H3. The topological polar surface area (TPSA) is 82.3 Å². The Bertz CT molecular complexity index is 1240. The first-order valence-electron chi connectivity index (χ1n) is 9.40. The molecule has 0 spiro atoms. The zero-order valence-electron chi connectivity index (χ0n) is 16.2. The van der Waals surface area contributed by atoms with E-state index in [9.17, 15) is 14.9 Å². The summed E-state index contributed by atoms with van der Waals surface area (Å²) in [6, 6.07) is 23.2. The van der Waals surface area contributed by atoms with E-state index in [1.165, 1.54) is 12.1 Å². The Morgan fingerprint density at radius 2 is 1.67 bits per heavy atom. The Labute approximate surface area is 172 Å². The molecule has 1 heterocycles. The molecule has 148 valence electrons. The lowest BCUT2D eigenvalue weighted by atomic mass is 9.94. The first-order chi connectivity index (χ1) is 14.5. The third kappa shape index (κ3) is 3.75. The van der Waals surface area contributed by atoms with Crippen molar-refractivity contribution in [2.75, 3.05) is 0 Å². The molecule has 30 heavy (non-hydrogen) atoms. The van der Waals surface area contributed by atoms with E-state index >= 15 is 0 Å². The number of nitro benzene ring substituents is 1. The fourth-order valence-electron chi connectivity index (χ4n) is 3.44. The summed E-state index contributed by atoms with van der Waals surface area (Å²) in [6.07, 6.45) is 0. The van der Waals surface area contributed by atoms with Gasteiger partial charge in [-0.3, -0.25) is 15.1 Å². The van der Waals surface area contributed by atoms with Crippen LogP contribution in [0.3, 0.4) is 0 Å². The average Bonchev–Trinajstić information content (AvgIpc) is 2.77. The van der Waals surface area contributed by atoms with Crippen molar-refractivity contribution in [2.45, 2.75) is 13.5 Å². The van der Waals surface area contributed by atoms with Crippen molar-refractivity contribution in [2.24, 2.45) is 0 Å². The molecular weight excluding hydrogens is 380 g/mol. The summed E-state index contributed by atoms with van der Waals surface area (Å²) in [4.78, 5) is 28.5. The maximum atomic E-state index is 13.1. The van der Waals surface area contributed by atoms with E-state index in [4.69, 9.17) is 4.74 Å². The van der Waals surface area contributed by atoms with Crippen LogP contribution in [0.4, 0.5) is 5.69 Å². The van der Waals surface area contributed by atoms with Gasteiger partial charge >= 0.3 is 5.97 Å². The Hall–Kier alpha value is -4.06. The molecule has 0 saturated heterocycles. The van der Waals surface area contributed by atoms with Gasteiger partial charge in [-0.05, 0) is 24.1 Å². The smallest absolute Gasteiger partial charge is 0.340 e. The molecule has 0 radical (unpaired) electrons. The molecule has 0 atom stereocenters. The summed E-state index contributed by atoms with van der Waals surface area (Å²) in [5.74, 6) is -0.517. The number of carbonyl (C=O) groups is 1. The van der Waals surface area contributed by atoms with Gasteiger partial charge < -0.3 is 4.74 Å². The van der Waals surface area contributed by atoms with E-state index in [0.29, 0.717) is 27.7 Å². The number of hydrogen-bond donors (Lipinski definition) is 0. The minimum atomic E-state index is -0.517. The van der Waals surface area contributed by atoms with Crippen LogP contribution in [-0.2, 0) is 11.3 Å². The predicted octanol–water partition coefficient (Wildman–Crippen LogP) is 5.48. The fraction of sp³-hybridized carbons (Fsp3) is 0.0833. The van der Waals surface area contributed by atoms with Gasteiger partial charge in [0.05, 0.1) is 21.7 Å². The highest BCUT2D eigenvalue weighted by atomic mass is 16.6. The van der Waals surface area contributed by atoms with E-state index in [1.54, 1.807) is 13.0 Å². The van der Waals surface area contributed by atoms with Crippen molar-refractivity contribution in [3.8, 4) is 11.1 Å². The number of rotatable bonds is 5. The van der Waals surface area contributed by atoms with Gasteiger partial charge in [0.25, 0.3) is 5.69 Å². The van der Waals surface area contributed by atoms with Crippen LogP contribution in [0.25, 0.3) is 22.0 Å². The van der Waals surface area contributed by atoms with Gasteiger partial charge in [-0.15, -0.1) is 0 Å². The third-order valence-corrected chi connectivity index (χ3v) is 4.84. The van der Waals surface area contributed by atoms with E-state index in [-0.39, 0.29) is 12.3 Å². The Morgan fingerprint density at radius 1 is 1.00 bits per heavy atom. The van der Waals surface area contributed by atoms with Crippen LogP contribution in [0.15, 0.2) is 78.9 Å². The number of non-ortho nitro benzene ring substituents is 1. The predicted molar refractivity (Wildman–Crippen MR) is 114 cm³/mol. The number of esters is 1. The zero-order chi connectivity index (χ0) is 21.1. The number of aromatic nitrogens is 1. The van der Waals surface area contributed by atoms with Crippen molar-refractivity contribution >= 4 is 22.6 Å². The second kappa shape index (κ2) is 8.13. The number of carbonyl (C=O) groups excluding carboxylic acids is 1. The highest BCUT2D eigenvalue weighted by molar-refractivity contribution is 6.08. The van der Waals surface area contributed by atoms with Crippen LogP contribution in [0.1, 0.15) is 21.6 Å². The maximum Gasteiger partial charge on any atom is 0.340 e. The van der Waals surface area contributed by atoms with E-state index in [2.05, 4.69) is 4.98 Å². The van der Waals surface area contributed by atoms with Crippen molar-refractivity contribution in [3.63, 3.8) is 0 Å². The SMILES string of the molecule is Cc1nc2ccc([N+](=O)[O-])cc2c(-c2ccccc2)c1C(=O)OCc1ccccc1. The Kier molecular flexibility index (Phi) is 5.22. The minimum Gasteiger partial charge on any atom is -0.457 e. The number of benzene rings is 3. The molecule has 4 rings (SSSR count). The first kappa shape index (κ1) is 19.3. The van der Waals surface area contributed by atoms with E-state index < -0.39 is 10.9 Å². The molecule has 0 fully saturated rings. The van der Waals surface area contributed by atoms with E-state index in [1.807, 2.05) is 60.7 Å². The molecule has 0 N–H and O–H groups in total. The molecule has 3 aromatic carbocycles. The van der Waals surface area contributed by atoms with Crippen molar-refractivity contribution in [3.05, 3.63) is 106 Å². The van der Waals surface area contributed by atoms with Gasteiger partial charge in [-0.2, -0.15) is 0 Å². The molecule has 0 bridgehead atoms. The van der Waals surface area contributed by atoms with Crippen molar-refractivity contribution < 1.29 is 14.5 Å². The molecule has 1 aromatic heterocycles. The molecule has 0 amide bonds. The van der Waals surface area contributed by atoms with Crippen LogP contribution < -0.4 is 0 Å². The number of ether oxygens (including phenoxy) is 1. The summed E-state index contributed by atoms with van der Waals surface area (Å²) in [7, 11) is 0. The highest BCUT2D eigenvalue weighted by Gasteiger charge is 2.23. The van der Waals surface area contributed by atoms with Crippen molar-refractivity contribution in [1.29, 1.82) is 0 Å².